The summed E-state index contributed by atoms with van der Waals surface area (Å²) in [6.07, 6.45) is -3.88. The molecule has 0 spiro atoms. The number of carboxylic acids is 1. The number of rotatable bonds is 7. The average molecular weight is 407 g/mol. The highest BCUT2D eigenvalue weighted by Crippen LogP contribution is 2.36. The van der Waals surface area contributed by atoms with Crippen molar-refractivity contribution < 1.29 is 36.6 Å². The van der Waals surface area contributed by atoms with Crippen molar-refractivity contribution >= 4 is 5.97 Å². The first kappa shape index (κ1) is 21.6. The van der Waals surface area contributed by atoms with Gasteiger partial charge in [0.15, 0.2) is 5.69 Å². The number of aryl methyl sites for hydroxylation is 1. The van der Waals surface area contributed by atoms with Crippen molar-refractivity contribution in [1.82, 2.24) is 14.8 Å². The van der Waals surface area contributed by atoms with E-state index in [1.807, 2.05) is 0 Å². The van der Waals surface area contributed by atoms with Crippen molar-refractivity contribution in [2.45, 2.75) is 46.5 Å². The molecular weight excluding hydrogens is 389 g/mol. The highest BCUT2D eigenvalue weighted by Gasteiger charge is 2.36. The monoisotopic (exact) mass is 407 g/mol. The summed E-state index contributed by atoms with van der Waals surface area (Å²) in [6.45, 7) is 1.07. The van der Waals surface area contributed by atoms with Crippen LogP contribution >= 0.6 is 0 Å². The second-order valence-electron chi connectivity index (χ2n) is 6.14. The van der Waals surface area contributed by atoms with Crippen LogP contribution in [0, 0.1) is 12.8 Å². The van der Waals surface area contributed by atoms with Gasteiger partial charge in [0.1, 0.15) is 5.75 Å². The Hall–Kier alpha value is -2.72. The number of carbonyl (C=O) groups is 1. The summed E-state index contributed by atoms with van der Waals surface area (Å²) in [5.41, 5.74) is 0.0609. The molecule has 28 heavy (non-hydrogen) atoms. The van der Waals surface area contributed by atoms with Gasteiger partial charge in [-0.25, -0.2) is 4.79 Å². The maximum atomic E-state index is 12.9. The molecule has 0 saturated heterocycles. The molecule has 11 heteroatoms. The van der Waals surface area contributed by atoms with Gasteiger partial charge in [-0.05, 0) is 13.8 Å². The zero-order valence-corrected chi connectivity index (χ0v) is 15.2. The molecule has 0 aliphatic heterocycles. The molecule has 0 aliphatic carbocycles. The van der Waals surface area contributed by atoms with Gasteiger partial charge in [-0.15, -0.1) is 0 Å². The fraction of sp³-hybridized carbons (Fsp3) is 0.471. The number of ether oxygens (including phenoxy) is 1. The molecule has 2 rings (SSSR count). The number of nitrogens with zero attached hydrogens (tertiary/aromatic N) is 3. The minimum absolute atomic E-state index is 0.0167. The fourth-order valence-electron chi connectivity index (χ4n) is 2.71. The third-order valence-electron chi connectivity index (χ3n) is 4.16. The summed E-state index contributed by atoms with van der Waals surface area (Å²) in [5, 5.41) is 13.2. The zero-order chi connectivity index (χ0) is 21.2. The highest BCUT2D eigenvalue weighted by atomic mass is 19.4. The summed E-state index contributed by atoms with van der Waals surface area (Å²) in [5.74, 6) is -3.43. The van der Waals surface area contributed by atoms with Gasteiger partial charge in [0.05, 0.1) is 17.2 Å². The molecule has 0 fully saturated rings. The topological polar surface area (TPSA) is 77.2 Å². The molecule has 0 radical (unpaired) electrons. The molecule has 6 nitrogen and oxygen atoms in total. The third kappa shape index (κ3) is 4.57. The van der Waals surface area contributed by atoms with Crippen LogP contribution in [0.2, 0.25) is 0 Å². The van der Waals surface area contributed by atoms with E-state index in [4.69, 9.17) is 0 Å². The zero-order valence-electron chi connectivity index (χ0n) is 15.2. The molecule has 0 unspecified atom stereocenters. The van der Waals surface area contributed by atoms with E-state index in [1.54, 1.807) is 6.92 Å². The Morgan fingerprint density at radius 1 is 1.36 bits per heavy atom. The molecule has 2 aromatic heterocycles. The number of aromatic carboxylic acids is 1. The molecule has 1 atom stereocenters. The quantitative estimate of drug-likeness (QED) is 0.692. The van der Waals surface area contributed by atoms with Crippen molar-refractivity contribution in [3.8, 4) is 17.0 Å². The third-order valence-corrected chi connectivity index (χ3v) is 4.16. The molecule has 0 aromatic carbocycles. The Balaban J connectivity index is 2.57. The predicted molar refractivity (Wildman–Crippen MR) is 88.4 cm³/mol. The summed E-state index contributed by atoms with van der Waals surface area (Å²) < 4.78 is 69.8. The molecule has 2 aromatic rings. The van der Waals surface area contributed by atoms with Crippen LogP contribution in [-0.4, -0.2) is 38.6 Å². The fourth-order valence-corrected chi connectivity index (χ4v) is 2.71. The largest absolute Gasteiger partial charge is 0.476 e. The van der Waals surface area contributed by atoms with Crippen molar-refractivity contribution in [1.29, 1.82) is 0 Å². The predicted octanol–water partition coefficient (Wildman–Crippen LogP) is 4.31. The molecule has 0 aliphatic rings. The second kappa shape index (κ2) is 8.11. The van der Waals surface area contributed by atoms with Gasteiger partial charge in [-0.3, -0.25) is 9.67 Å². The van der Waals surface area contributed by atoms with Crippen molar-refractivity contribution in [2.75, 3.05) is 0 Å². The molecule has 154 valence electrons. The van der Waals surface area contributed by atoms with Gasteiger partial charge in [0.25, 0.3) is 0 Å². The molecule has 0 saturated carbocycles. The lowest BCUT2D eigenvalue weighted by Gasteiger charge is -2.17. The molecular formula is C17H18F5N3O3. The number of carboxylic acid groups (broad SMARTS) is 1. The summed E-state index contributed by atoms with van der Waals surface area (Å²) >= 11 is 0. The van der Waals surface area contributed by atoms with E-state index in [9.17, 15) is 31.9 Å². The lowest BCUT2D eigenvalue weighted by Crippen LogP contribution is -2.22. The van der Waals surface area contributed by atoms with Crippen LogP contribution in [0.5, 0.6) is 5.75 Å². The molecule has 0 amide bonds. The molecule has 0 bridgehead atoms. The average Bonchev–Trinajstić information content (AvgIpc) is 2.90. The Morgan fingerprint density at radius 2 is 2.00 bits per heavy atom. The van der Waals surface area contributed by atoms with E-state index in [0.29, 0.717) is 0 Å². The smallest absolute Gasteiger partial charge is 0.391 e. The first-order chi connectivity index (χ1) is 13.0. The lowest BCUT2D eigenvalue weighted by molar-refractivity contribution is -0.169. The summed E-state index contributed by atoms with van der Waals surface area (Å²) in [6, 6.07) is 1.01. The van der Waals surface area contributed by atoms with Gasteiger partial charge < -0.3 is 9.84 Å². The van der Waals surface area contributed by atoms with Gasteiger partial charge in [0.2, 0.25) is 0 Å². The van der Waals surface area contributed by atoms with Gasteiger partial charge >= 0.3 is 18.8 Å². The number of halogens is 5. The second-order valence-corrected chi connectivity index (χ2v) is 6.14. The Bertz CT molecular complexity index is 864. The van der Waals surface area contributed by atoms with Crippen molar-refractivity contribution in [2.24, 2.45) is 5.92 Å². The van der Waals surface area contributed by atoms with E-state index < -0.39 is 36.8 Å². The van der Waals surface area contributed by atoms with Gasteiger partial charge in [-0.1, -0.05) is 6.92 Å². The Labute approximate surface area is 156 Å². The Morgan fingerprint density at radius 3 is 2.50 bits per heavy atom. The number of hydrogen-bond donors (Lipinski definition) is 1. The highest BCUT2D eigenvalue weighted by molar-refractivity contribution is 5.90. The normalized spacial score (nSPS) is 13.0. The van der Waals surface area contributed by atoms with E-state index in [1.165, 1.54) is 11.6 Å². The van der Waals surface area contributed by atoms with E-state index in [0.717, 1.165) is 19.2 Å². The standard InChI is InChI=1S/C17H18F5N3O3/c1-4-25-14(9(3)13(24-25)15(26)27)11-7-23-10(5-8(2)17(20,21)22)6-12(11)28-16(18)19/h6-8,16H,4-5H2,1-3H3,(H,26,27)/t8-/m0/s1. The Kier molecular flexibility index (Phi) is 6.25. The van der Waals surface area contributed by atoms with Crippen LogP contribution in [0.3, 0.4) is 0 Å². The van der Waals surface area contributed by atoms with Gasteiger partial charge in [-0.2, -0.15) is 27.1 Å². The molecule has 1 N–H and O–H groups in total. The van der Waals surface area contributed by atoms with E-state index in [2.05, 4.69) is 14.8 Å². The minimum Gasteiger partial charge on any atom is -0.476 e. The van der Waals surface area contributed by atoms with Crippen LogP contribution in [0.4, 0.5) is 22.0 Å². The number of pyridine rings is 1. The van der Waals surface area contributed by atoms with Crippen LogP contribution in [0.25, 0.3) is 11.3 Å². The maximum Gasteiger partial charge on any atom is 0.391 e. The maximum absolute atomic E-state index is 12.9. The van der Waals surface area contributed by atoms with Crippen LogP contribution in [0.15, 0.2) is 12.3 Å². The van der Waals surface area contributed by atoms with E-state index >= 15 is 0 Å². The van der Waals surface area contributed by atoms with Crippen molar-refractivity contribution in [3.05, 3.63) is 29.2 Å². The first-order valence-electron chi connectivity index (χ1n) is 8.27. The SMILES string of the molecule is CCn1nc(C(=O)O)c(C)c1-c1cnc(C[C@H](C)C(F)(F)F)cc1OC(F)F. The summed E-state index contributed by atoms with van der Waals surface area (Å²) in [7, 11) is 0. The minimum atomic E-state index is -4.46. The summed E-state index contributed by atoms with van der Waals surface area (Å²) in [4.78, 5) is 15.3. The number of alkyl halides is 5. The lowest BCUT2D eigenvalue weighted by atomic mass is 10.0. The first-order valence-corrected chi connectivity index (χ1v) is 8.27. The van der Waals surface area contributed by atoms with Crippen LogP contribution < -0.4 is 4.74 Å². The van der Waals surface area contributed by atoms with Crippen LogP contribution in [0.1, 0.15) is 35.6 Å². The van der Waals surface area contributed by atoms with Crippen LogP contribution in [-0.2, 0) is 13.0 Å². The van der Waals surface area contributed by atoms with Crippen molar-refractivity contribution in [3.63, 3.8) is 0 Å². The van der Waals surface area contributed by atoms with Gasteiger partial charge in [0, 0.05) is 36.5 Å². The van der Waals surface area contributed by atoms with E-state index in [-0.39, 0.29) is 34.8 Å². The number of aromatic nitrogens is 3. The number of hydrogen-bond acceptors (Lipinski definition) is 4. The molecule has 2 heterocycles.